The molecule has 0 bridgehead atoms. The van der Waals surface area contributed by atoms with Crippen LogP contribution in [-0.4, -0.2) is 33.9 Å². The van der Waals surface area contributed by atoms with E-state index < -0.39 is 23.3 Å². The van der Waals surface area contributed by atoms with Crippen LogP contribution >= 0.6 is 0 Å². The Balaban J connectivity index is 2.38. The van der Waals surface area contributed by atoms with E-state index in [9.17, 15) is 19.8 Å². The summed E-state index contributed by atoms with van der Waals surface area (Å²) in [5.41, 5.74) is -0.0917. The first-order chi connectivity index (χ1) is 13.0. The highest BCUT2D eigenvalue weighted by molar-refractivity contribution is 5.86. The standard InChI is InChI=1S/C22H26O5/c23-16-19(14-8-3-9-15-20(24)25)22(21(26)27,17-10-4-1-5-11-17)18-12-6-2-7-13-18/h1-2,4-7,10-13,19,23H,3,8-9,14-16H2,(H,24,25)(H,26,27). The largest absolute Gasteiger partial charge is 0.481 e. The van der Waals surface area contributed by atoms with Gasteiger partial charge >= 0.3 is 11.9 Å². The first-order valence-electron chi connectivity index (χ1n) is 9.20. The third-order valence-electron chi connectivity index (χ3n) is 5.07. The van der Waals surface area contributed by atoms with E-state index in [1.54, 1.807) is 48.5 Å². The second-order valence-corrected chi connectivity index (χ2v) is 6.72. The molecule has 3 N–H and O–H groups in total. The maximum absolute atomic E-state index is 12.6. The number of hydrogen-bond donors (Lipinski definition) is 3. The summed E-state index contributed by atoms with van der Waals surface area (Å²) in [6, 6.07) is 18.0. The SMILES string of the molecule is O=C(O)CCCCCC(CO)C(C(=O)O)(c1ccccc1)c1ccccc1. The maximum Gasteiger partial charge on any atom is 0.319 e. The van der Waals surface area contributed by atoms with E-state index in [1.807, 2.05) is 12.1 Å². The van der Waals surface area contributed by atoms with Gasteiger partial charge < -0.3 is 15.3 Å². The van der Waals surface area contributed by atoms with E-state index in [-0.39, 0.29) is 13.0 Å². The minimum atomic E-state index is -1.36. The fraction of sp³-hybridized carbons (Fsp3) is 0.364. The van der Waals surface area contributed by atoms with E-state index in [1.165, 1.54) is 0 Å². The molecule has 1 unspecified atom stereocenters. The molecule has 0 radical (unpaired) electrons. The molecule has 0 aliphatic heterocycles. The molecule has 0 amide bonds. The number of hydrogen-bond acceptors (Lipinski definition) is 3. The van der Waals surface area contributed by atoms with E-state index in [0.717, 1.165) is 0 Å². The van der Waals surface area contributed by atoms with Crippen molar-refractivity contribution < 1.29 is 24.9 Å². The molecule has 0 spiro atoms. The Bertz CT molecular complexity index is 687. The summed E-state index contributed by atoms with van der Waals surface area (Å²) in [5, 5.41) is 29.2. The highest BCUT2D eigenvalue weighted by atomic mass is 16.4. The molecule has 0 aliphatic carbocycles. The molecule has 0 fully saturated rings. The number of carbonyl (C=O) groups is 2. The smallest absolute Gasteiger partial charge is 0.319 e. The van der Waals surface area contributed by atoms with Crippen molar-refractivity contribution in [3.63, 3.8) is 0 Å². The maximum atomic E-state index is 12.6. The Morgan fingerprint density at radius 1 is 0.815 bits per heavy atom. The Kier molecular flexibility index (Phi) is 7.55. The summed E-state index contributed by atoms with van der Waals surface area (Å²) < 4.78 is 0. The Hall–Kier alpha value is -2.66. The molecule has 2 rings (SSSR count). The minimum absolute atomic E-state index is 0.102. The summed E-state index contributed by atoms with van der Waals surface area (Å²) in [6.07, 6.45) is 2.48. The highest BCUT2D eigenvalue weighted by Gasteiger charge is 2.48. The van der Waals surface area contributed by atoms with Crippen molar-refractivity contribution >= 4 is 11.9 Å². The van der Waals surface area contributed by atoms with Crippen LogP contribution in [0.5, 0.6) is 0 Å². The second-order valence-electron chi connectivity index (χ2n) is 6.72. The zero-order valence-electron chi connectivity index (χ0n) is 15.3. The van der Waals surface area contributed by atoms with Gasteiger partial charge in [0.15, 0.2) is 0 Å². The number of unbranched alkanes of at least 4 members (excludes halogenated alkanes) is 2. The lowest BCUT2D eigenvalue weighted by molar-refractivity contribution is -0.145. The average molecular weight is 370 g/mol. The van der Waals surface area contributed by atoms with Crippen LogP contribution in [0.2, 0.25) is 0 Å². The fourth-order valence-corrected chi connectivity index (χ4v) is 3.75. The van der Waals surface area contributed by atoms with Gasteiger partial charge in [-0.15, -0.1) is 0 Å². The van der Waals surface area contributed by atoms with Crippen molar-refractivity contribution in [1.82, 2.24) is 0 Å². The molecule has 0 aliphatic rings. The minimum Gasteiger partial charge on any atom is -0.481 e. The molecule has 27 heavy (non-hydrogen) atoms. The van der Waals surface area contributed by atoms with Gasteiger partial charge in [-0.2, -0.15) is 0 Å². The van der Waals surface area contributed by atoms with Crippen LogP contribution in [0.15, 0.2) is 60.7 Å². The van der Waals surface area contributed by atoms with Gasteiger partial charge in [-0.05, 0) is 24.0 Å². The van der Waals surface area contributed by atoms with E-state index in [4.69, 9.17) is 5.11 Å². The average Bonchev–Trinajstić information content (AvgIpc) is 2.68. The number of benzene rings is 2. The van der Waals surface area contributed by atoms with Gasteiger partial charge in [0.2, 0.25) is 0 Å². The van der Waals surface area contributed by atoms with Crippen LogP contribution in [0.1, 0.15) is 43.2 Å². The third-order valence-corrected chi connectivity index (χ3v) is 5.07. The van der Waals surface area contributed by atoms with Crippen LogP contribution in [0.3, 0.4) is 0 Å². The number of carboxylic acid groups (broad SMARTS) is 2. The Morgan fingerprint density at radius 2 is 1.33 bits per heavy atom. The summed E-state index contributed by atoms with van der Waals surface area (Å²) >= 11 is 0. The van der Waals surface area contributed by atoms with Gasteiger partial charge in [-0.3, -0.25) is 9.59 Å². The van der Waals surface area contributed by atoms with Crippen molar-refractivity contribution in [2.75, 3.05) is 6.61 Å². The van der Waals surface area contributed by atoms with Gasteiger partial charge in [0.05, 0.1) is 0 Å². The third kappa shape index (κ3) is 4.74. The van der Waals surface area contributed by atoms with Crippen LogP contribution in [-0.2, 0) is 15.0 Å². The molecular weight excluding hydrogens is 344 g/mol. The number of aliphatic carboxylic acids is 2. The number of carboxylic acids is 2. The predicted molar refractivity (Wildman–Crippen MR) is 103 cm³/mol. The van der Waals surface area contributed by atoms with Gasteiger partial charge in [0, 0.05) is 18.9 Å². The second kappa shape index (κ2) is 9.88. The highest BCUT2D eigenvalue weighted by Crippen LogP contribution is 2.42. The molecule has 0 saturated heterocycles. The Labute approximate surface area is 159 Å². The lowest BCUT2D eigenvalue weighted by atomic mass is 9.64. The lowest BCUT2D eigenvalue weighted by Crippen LogP contribution is -2.46. The number of aliphatic hydroxyl groups is 1. The molecule has 0 aromatic heterocycles. The first kappa shape index (κ1) is 20.6. The van der Waals surface area contributed by atoms with Crippen LogP contribution < -0.4 is 0 Å². The van der Waals surface area contributed by atoms with Crippen molar-refractivity contribution in [3.05, 3.63) is 71.8 Å². The van der Waals surface area contributed by atoms with E-state index in [0.29, 0.717) is 36.8 Å². The normalized spacial score (nSPS) is 12.5. The monoisotopic (exact) mass is 370 g/mol. The summed E-state index contributed by atoms with van der Waals surface area (Å²) in [5.74, 6) is -2.35. The lowest BCUT2D eigenvalue weighted by Gasteiger charge is -2.37. The molecular formula is C22H26O5. The quantitative estimate of drug-likeness (QED) is 0.524. The molecule has 2 aromatic carbocycles. The van der Waals surface area contributed by atoms with Crippen LogP contribution in [0.4, 0.5) is 0 Å². The molecule has 0 heterocycles. The van der Waals surface area contributed by atoms with Gasteiger partial charge in [0.25, 0.3) is 0 Å². The molecule has 1 atom stereocenters. The Morgan fingerprint density at radius 3 is 1.74 bits per heavy atom. The van der Waals surface area contributed by atoms with Crippen molar-refractivity contribution in [2.45, 2.75) is 37.5 Å². The van der Waals surface area contributed by atoms with E-state index >= 15 is 0 Å². The molecule has 2 aromatic rings. The topological polar surface area (TPSA) is 94.8 Å². The van der Waals surface area contributed by atoms with Crippen molar-refractivity contribution in [1.29, 1.82) is 0 Å². The molecule has 5 nitrogen and oxygen atoms in total. The molecule has 0 saturated carbocycles. The fourth-order valence-electron chi connectivity index (χ4n) is 3.75. The molecule has 5 heteroatoms. The number of rotatable bonds is 11. The van der Waals surface area contributed by atoms with Gasteiger partial charge in [-0.25, -0.2) is 0 Å². The summed E-state index contributed by atoms with van der Waals surface area (Å²) in [7, 11) is 0. The van der Waals surface area contributed by atoms with Crippen LogP contribution in [0, 0.1) is 5.92 Å². The summed E-state index contributed by atoms with van der Waals surface area (Å²) in [4.78, 5) is 23.3. The van der Waals surface area contributed by atoms with E-state index in [2.05, 4.69) is 0 Å². The van der Waals surface area contributed by atoms with Crippen molar-refractivity contribution in [2.24, 2.45) is 5.92 Å². The predicted octanol–water partition coefficient (Wildman–Crippen LogP) is 3.70. The van der Waals surface area contributed by atoms with Gasteiger partial charge in [0.1, 0.15) is 5.41 Å². The zero-order chi connectivity index (χ0) is 19.7. The number of aliphatic hydroxyl groups excluding tert-OH is 1. The summed E-state index contributed by atoms with van der Waals surface area (Å²) in [6.45, 7) is -0.269. The van der Waals surface area contributed by atoms with Crippen molar-refractivity contribution in [3.8, 4) is 0 Å². The first-order valence-corrected chi connectivity index (χ1v) is 9.20. The molecule has 144 valence electrons. The zero-order valence-corrected chi connectivity index (χ0v) is 15.3. The van der Waals surface area contributed by atoms with Crippen LogP contribution in [0.25, 0.3) is 0 Å². The van der Waals surface area contributed by atoms with Gasteiger partial charge in [-0.1, -0.05) is 73.5 Å².